The Bertz CT molecular complexity index is 1140. The number of Topliss-reactive ketones (excluding diaryl/α,β-unsaturated/α-hetero) is 1. The number of rotatable bonds is 6. The SMILES string of the molecule is CCCCN1C(=O)c2ccc(C(=O)N3CCN(c4ccc(C(C)=O)cc4F)CC3)cc2C1=O. The maximum atomic E-state index is 14.5. The number of nitrogens with zero attached hydrogens (tertiary/aromatic N) is 3. The Hall–Kier alpha value is -3.55. The van der Waals surface area contributed by atoms with Gasteiger partial charge in [0.1, 0.15) is 5.82 Å². The van der Waals surface area contributed by atoms with E-state index in [1.165, 1.54) is 24.0 Å². The Balaban J connectivity index is 1.44. The molecule has 1 fully saturated rings. The van der Waals surface area contributed by atoms with Gasteiger partial charge in [0.25, 0.3) is 17.7 Å². The molecule has 0 aliphatic carbocycles. The van der Waals surface area contributed by atoms with Crippen LogP contribution < -0.4 is 4.90 Å². The highest BCUT2D eigenvalue weighted by Gasteiger charge is 2.36. The van der Waals surface area contributed by atoms with E-state index >= 15 is 0 Å². The number of carbonyl (C=O) groups excluding carboxylic acids is 4. The van der Waals surface area contributed by atoms with E-state index in [9.17, 15) is 23.6 Å². The summed E-state index contributed by atoms with van der Waals surface area (Å²) in [5, 5.41) is 0. The van der Waals surface area contributed by atoms with Gasteiger partial charge in [0.2, 0.25) is 0 Å². The molecule has 0 spiro atoms. The minimum absolute atomic E-state index is 0.195. The van der Waals surface area contributed by atoms with Crippen LogP contribution in [0.3, 0.4) is 0 Å². The number of imide groups is 1. The number of hydrogen-bond donors (Lipinski definition) is 0. The van der Waals surface area contributed by atoms with Gasteiger partial charge in [-0.3, -0.25) is 24.1 Å². The maximum Gasteiger partial charge on any atom is 0.261 e. The molecule has 0 N–H and O–H groups in total. The fourth-order valence-corrected chi connectivity index (χ4v) is 4.26. The summed E-state index contributed by atoms with van der Waals surface area (Å²) in [7, 11) is 0. The largest absolute Gasteiger partial charge is 0.366 e. The lowest BCUT2D eigenvalue weighted by Gasteiger charge is -2.36. The molecule has 7 nitrogen and oxygen atoms in total. The average Bonchev–Trinajstić information content (AvgIpc) is 3.06. The van der Waals surface area contributed by atoms with E-state index in [1.54, 1.807) is 29.2 Å². The number of ketones is 1. The zero-order valence-corrected chi connectivity index (χ0v) is 18.8. The highest BCUT2D eigenvalue weighted by atomic mass is 19.1. The van der Waals surface area contributed by atoms with E-state index in [2.05, 4.69) is 0 Å². The molecular weight excluding hydrogens is 425 g/mol. The lowest BCUT2D eigenvalue weighted by molar-refractivity contribution is 0.0651. The maximum absolute atomic E-state index is 14.5. The fraction of sp³-hybridized carbons (Fsp3) is 0.360. The number of benzene rings is 2. The van der Waals surface area contributed by atoms with E-state index in [-0.39, 0.29) is 29.1 Å². The van der Waals surface area contributed by atoms with Crippen molar-refractivity contribution >= 4 is 29.2 Å². The van der Waals surface area contributed by atoms with Crippen molar-refractivity contribution in [3.63, 3.8) is 0 Å². The molecule has 2 heterocycles. The minimum atomic E-state index is -0.461. The molecule has 0 atom stereocenters. The standard InChI is InChI=1S/C25H26FN3O4/c1-3-4-9-29-24(32)19-7-5-18(14-20(19)25(29)33)23(31)28-12-10-27(11-13-28)22-8-6-17(16(2)30)15-21(22)26/h5-8,14-15H,3-4,9-13H2,1-2H3. The van der Waals surface area contributed by atoms with E-state index in [4.69, 9.17) is 0 Å². The molecule has 2 aliphatic heterocycles. The minimum Gasteiger partial charge on any atom is -0.366 e. The van der Waals surface area contributed by atoms with Crippen molar-refractivity contribution < 1.29 is 23.6 Å². The Morgan fingerprint density at radius 3 is 2.21 bits per heavy atom. The van der Waals surface area contributed by atoms with Gasteiger partial charge in [0.15, 0.2) is 5.78 Å². The predicted octanol–water partition coefficient (Wildman–Crippen LogP) is 3.39. The van der Waals surface area contributed by atoms with Crippen LogP contribution in [-0.4, -0.2) is 66.0 Å². The Morgan fingerprint density at radius 2 is 1.58 bits per heavy atom. The molecule has 0 saturated carbocycles. The number of carbonyl (C=O) groups is 4. The molecule has 4 rings (SSSR count). The second-order valence-electron chi connectivity index (χ2n) is 8.38. The molecule has 0 bridgehead atoms. The molecule has 3 amide bonds. The molecule has 33 heavy (non-hydrogen) atoms. The molecule has 2 aromatic rings. The molecular formula is C25H26FN3O4. The van der Waals surface area contributed by atoms with Gasteiger partial charge < -0.3 is 9.80 Å². The second kappa shape index (κ2) is 9.13. The number of anilines is 1. The number of fused-ring (bicyclic) bond motifs is 1. The van der Waals surface area contributed by atoms with Gasteiger partial charge >= 0.3 is 0 Å². The van der Waals surface area contributed by atoms with Gasteiger partial charge in [-0.15, -0.1) is 0 Å². The lowest BCUT2D eigenvalue weighted by atomic mass is 10.0. The number of amides is 3. The van der Waals surface area contributed by atoms with E-state index in [1.807, 2.05) is 11.8 Å². The predicted molar refractivity (Wildman–Crippen MR) is 121 cm³/mol. The monoisotopic (exact) mass is 451 g/mol. The van der Waals surface area contributed by atoms with Crippen LogP contribution in [0.2, 0.25) is 0 Å². The first-order chi connectivity index (χ1) is 15.8. The fourth-order valence-electron chi connectivity index (χ4n) is 4.26. The summed E-state index contributed by atoms with van der Waals surface area (Å²) in [5.41, 5.74) is 1.69. The van der Waals surface area contributed by atoms with Crippen molar-refractivity contribution in [3.05, 3.63) is 64.5 Å². The Labute approximate surface area is 191 Å². The molecule has 2 aliphatic rings. The summed E-state index contributed by atoms with van der Waals surface area (Å²) in [6.45, 7) is 5.41. The van der Waals surface area contributed by atoms with Gasteiger partial charge in [0.05, 0.1) is 16.8 Å². The Kier molecular flexibility index (Phi) is 6.26. The average molecular weight is 451 g/mol. The smallest absolute Gasteiger partial charge is 0.261 e. The number of piperazine rings is 1. The zero-order chi connectivity index (χ0) is 23.7. The van der Waals surface area contributed by atoms with Crippen molar-refractivity contribution in [2.45, 2.75) is 26.7 Å². The third-order valence-corrected chi connectivity index (χ3v) is 6.21. The molecule has 0 unspecified atom stereocenters. The molecule has 8 heteroatoms. The normalized spacial score (nSPS) is 15.8. The van der Waals surface area contributed by atoms with Crippen molar-refractivity contribution in [2.75, 3.05) is 37.6 Å². The van der Waals surface area contributed by atoms with Crippen molar-refractivity contribution in [3.8, 4) is 0 Å². The van der Waals surface area contributed by atoms with Crippen molar-refractivity contribution in [1.82, 2.24) is 9.80 Å². The van der Waals surface area contributed by atoms with Crippen LogP contribution in [-0.2, 0) is 0 Å². The summed E-state index contributed by atoms with van der Waals surface area (Å²) in [6, 6.07) is 9.08. The van der Waals surface area contributed by atoms with Gasteiger partial charge in [-0.05, 0) is 49.7 Å². The van der Waals surface area contributed by atoms with Crippen LogP contribution in [0.25, 0.3) is 0 Å². The summed E-state index contributed by atoms with van der Waals surface area (Å²) in [6.07, 6.45) is 1.60. The number of hydrogen-bond acceptors (Lipinski definition) is 5. The lowest BCUT2D eigenvalue weighted by Crippen LogP contribution is -2.49. The number of unbranched alkanes of at least 4 members (excludes halogenated alkanes) is 1. The summed E-state index contributed by atoms with van der Waals surface area (Å²) in [5.74, 6) is -1.55. The van der Waals surface area contributed by atoms with Crippen LogP contribution in [0.4, 0.5) is 10.1 Å². The van der Waals surface area contributed by atoms with E-state index < -0.39 is 5.82 Å². The Morgan fingerprint density at radius 1 is 0.909 bits per heavy atom. The van der Waals surface area contributed by atoms with Gasteiger partial charge in [-0.2, -0.15) is 0 Å². The first kappa shape index (κ1) is 22.6. The molecule has 172 valence electrons. The third-order valence-electron chi connectivity index (χ3n) is 6.21. The topological polar surface area (TPSA) is 78.0 Å². The summed E-state index contributed by atoms with van der Waals surface area (Å²) < 4.78 is 14.5. The first-order valence-electron chi connectivity index (χ1n) is 11.2. The van der Waals surface area contributed by atoms with Crippen molar-refractivity contribution in [2.24, 2.45) is 0 Å². The third kappa shape index (κ3) is 4.25. The van der Waals surface area contributed by atoms with Crippen LogP contribution in [0.5, 0.6) is 0 Å². The van der Waals surface area contributed by atoms with Crippen LogP contribution in [0.1, 0.15) is 68.1 Å². The van der Waals surface area contributed by atoms with Crippen LogP contribution in [0.15, 0.2) is 36.4 Å². The van der Waals surface area contributed by atoms with E-state index in [0.717, 1.165) is 12.8 Å². The molecule has 2 aromatic carbocycles. The quantitative estimate of drug-likeness (QED) is 0.497. The molecule has 0 radical (unpaired) electrons. The van der Waals surface area contributed by atoms with Gasteiger partial charge in [-0.25, -0.2) is 4.39 Å². The van der Waals surface area contributed by atoms with Crippen LogP contribution in [0, 0.1) is 5.82 Å². The van der Waals surface area contributed by atoms with E-state index in [0.29, 0.717) is 55.1 Å². The number of halogens is 1. The molecule has 0 aromatic heterocycles. The van der Waals surface area contributed by atoms with Crippen molar-refractivity contribution in [1.29, 1.82) is 0 Å². The van der Waals surface area contributed by atoms with Crippen LogP contribution >= 0.6 is 0 Å². The highest BCUT2D eigenvalue weighted by molar-refractivity contribution is 6.22. The highest BCUT2D eigenvalue weighted by Crippen LogP contribution is 2.26. The first-order valence-corrected chi connectivity index (χ1v) is 11.2. The van der Waals surface area contributed by atoms with Gasteiger partial charge in [0, 0.05) is 43.9 Å². The zero-order valence-electron chi connectivity index (χ0n) is 18.8. The summed E-state index contributed by atoms with van der Waals surface area (Å²) in [4.78, 5) is 54.4. The summed E-state index contributed by atoms with van der Waals surface area (Å²) >= 11 is 0. The van der Waals surface area contributed by atoms with Gasteiger partial charge in [-0.1, -0.05) is 13.3 Å². The molecule has 1 saturated heterocycles. The second-order valence-corrected chi connectivity index (χ2v) is 8.38.